The summed E-state index contributed by atoms with van der Waals surface area (Å²) in [5, 5.41) is 2.33. The van der Waals surface area contributed by atoms with Crippen LogP contribution in [-0.4, -0.2) is 46.6 Å². The zero-order valence-corrected chi connectivity index (χ0v) is 19.6. The molecule has 37 heavy (non-hydrogen) atoms. The minimum Gasteiger partial charge on any atom is -0.468 e. The third kappa shape index (κ3) is 6.28. The fourth-order valence-corrected chi connectivity index (χ4v) is 3.35. The predicted octanol–water partition coefficient (Wildman–Crippen LogP) is 0.344. The van der Waals surface area contributed by atoms with E-state index in [1.165, 1.54) is 24.3 Å². The van der Waals surface area contributed by atoms with Crippen LogP contribution in [0.4, 0.5) is 16.3 Å². The molecule has 0 saturated carbocycles. The first-order valence-corrected chi connectivity index (χ1v) is 10.7. The summed E-state index contributed by atoms with van der Waals surface area (Å²) in [4.78, 5) is 74.1. The molecule has 1 aromatic heterocycles. The number of nitrogens with one attached hydrogen (secondary N) is 1. The van der Waals surface area contributed by atoms with Crippen molar-refractivity contribution in [3.63, 3.8) is 0 Å². The van der Waals surface area contributed by atoms with Crippen LogP contribution in [-0.2, 0) is 27.4 Å². The maximum absolute atomic E-state index is 13.0. The van der Waals surface area contributed by atoms with Crippen LogP contribution in [0.2, 0.25) is 0 Å². The lowest BCUT2D eigenvalue weighted by molar-refractivity contribution is -0.141. The highest BCUT2D eigenvalue weighted by atomic mass is 16.5. The number of esters is 2. The van der Waals surface area contributed by atoms with Crippen LogP contribution in [0.15, 0.2) is 64.2 Å². The molecular weight excluding hydrogens is 486 g/mol. The molecule has 5 N–H and O–H groups in total. The summed E-state index contributed by atoms with van der Waals surface area (Å²) in [5.41, 5.74) is 9.45. The quantitative estimate of drug-likeness (QED) is 0.269. The smallest absolute Gasteiger partial charge is 0.338 e. The van der Waals surface area contributed by atoms with Gasteiger partial charge in [0.25, 0.3) is 5.56 Å². The molecule has 0 fully saturated rings. The Hall–Kier alpha value is -5.20. The number of rotatable bonds is 9. The molecular formula is C24H23N5O8. The van der Waals surface area contributed by atoms with E-state index >= 15 is 0 Å². The number of hydrogen-bond donors (Lipinski definition) is 3. The zero-order valence-electron chi connectivity index (χ0n) is 19.6. The highest BCUT2D eigenvalue weighted by molar-refractivity contribution is 6.02. The van der Waals surface area contributed by atoms with Gasteiger partial charge in [0.2, 0.25) is 5.78 Å². The van der Waals surface area contributed by atoms with Crippen molar-refractivity contribution in [2.24, 2.45) is 5.73 Å². The number of carbonyl (C=O) groups is 4. The summed E-state index contributed by atoms with van der Waals surface area (Å²) < 4.78 is 11.1. The number of nitrogens with zero attached hydrogens (tertiary/aromatic N) is 2. The van der Waals surface area contributed by atoms with Crippen molar-refractivity contribution in [3.8, 4) is 0 Å². The maximum atomic E-state index is 13.0. The van der Waals surface area contributed by atoms with Crippen LogP contribution in [0.1, 0.15) is 26.3 Å². The van der Waals surface area contributed by atoms with E-state index in [1.807, 2.05) is 0 Å². The lowest BCUT2D eigenvalue weighted by atomic mass is 10.1. The van der Waals surface area contributed by atoms with E-state index in [4.69, 9.17) is 16.2 Å². The highest BCUT2D eigenvalue weighted by Crippen LogP contribution is 2.13. The fourth-order valence-electron chi connectivity index (χ4n) is 3.35. The number of hydrogen-bond acceptors (Lipinski definition) is 9. The van der Waals surface area contributed by atoms with Crippen LogP contribution in [0.5, 0.6) is 0 Å². The predicted molar refractivity (Wildman–Crippen MR) is 131 cm³/mol. The van der Waals surface area contributed by atoms with Crippen molar-refractivity contribution in [3.05, 3.63) is 92.1 Å². The molecule has 1 heterocycles. The Kier molecular flexibility index (Phi) is 8.20. The van der Waals surface area contributed by atoms with Gasteiger partial charge in [-0.2, -0.15) is 0 Å². The number of amides is 2. The number of Topliss-reactive ketones (excluding diaryl/α,β-unsaturated/α-hetero) is 1. The Balaban J connectivity index is 1.91. The van der Waals surface area contributed by atoms with Crippen molar-refractivity contribution in [2.45, 2.75) is 13.1 Å². The molecule has 0 aliphatic rings. The van der Waals surface area contributed by atoms with E-state index in [9.17, 15) is 28.8 Å². The van der Waals surface area contributed by atoms with Crippen molar-refractivity contribution in [2.75, 3.05) is 24.8 Å². The number of benzene rings is 2. The minimum atomic E-state index is -1.12. The van der Waals surface area contributed by atoms with Crippen LogP contribution >= 0.6 is 0 Å². The molecule has 0 aliphatic heterocycles. The largest absolute Gasteiger partial charge is 0.468 e. The molecule has 0 aliphatic carbocycles. The van der Waals surface area contributed by atoms with E-state index in [1.54, 1.807) is 30.3 Å². The Morgan fingerprint density at radius 1 is 0.946 bits per heavy atom. The first-order valence-electron chi connectivity index (χ1n) is 10.7. The molecule has 3 aromatic rings. The lowest BCUT2D eigenvalue weighted by Crippen LogP contribution is -2.46. The molecule has 0 bridgehead atoms. The Bertz CT molecular complexity index is 1460. The molecule has 0 unspecified atom stereocenters. The molecule has 192 valence electrons. The van der Waals surface area contributed by atoms with Gasteiger partial charge in [0.1, 0.15) is 17.9 Å². The summed E-state index contributed by atoms with van der Waals surface area (Å²) in [6, 6.07) is 13.3. The topological polar surface area (TPSA) is 195 Å². The van der Waals surface area contributed by atoms with Gasteiger partial charge < -0.3 is 26.3 Å². The van der Waals surface area contributed by atoms with Crippen molar-refractivity contribution < 1.29 is 28.7 Å². The maximum Gasteiger partial charge on any atom is 0.338 e. The first-order chi connectivity index (χ1) is 17.6. The number of nitrogen functional groups attached to an aromatic ring is 1. The number of ketones is 1. The molecule has 13 nitrogen and oxygen atoms in total. The molecule has 13 heteroatoms. The van der Waals surface area contributed by atoms with Crippen LogP contribution < -0.4 is 28.0 Å². The van der Waals surface area contributed by atoms with Gasteiger partial charge in [-0.3, -0.25) is 19.0 Å². The van der Waals surface area contributed by atoms with E-state index < -0.39 is 59.5 Å². The monoisotopic (exact) mass is 509 g/mol. The summed E-state index contributed by atoms with van der Waals surface area (Å²) in [6.07, 6.45) is 0. The van der Waals surface area contributed by atoms with Gasteiger partial charge in [0, 0.05) is 5.69 Å². The van der Waals surface area contributed by atoms with Crippen molar-refractivity contribution in [1.82, 2.24) is 9.13 Å². The third-order valence-electron chi connectivity index (χ3n) is 5.17. The molecule has 0 radical (unpaired) electrons. The number of urea groups is 1. The third-order valence-corrected chi connectivity index (χ3v) is 5.17. The highest BCUT2D eigenvalue weighted by Gasteiger charge is 2.25. The van der Waals surface area contributed by atoms with Crippen LogP contribution in [0.3, 0.4) is 0 Å². The van der Waals surface area contributed by atoms with Crippen LogP contribution in [0.25, 0.3) is 0 Å². The summed E-state index contributed by atoms with van der Waals surface area (Å²) in [5.74, 6) is -3.22. The molecule has 0 saturated heterocycles. The Labute approximate surface area is 209 Å². The van der Waals surface area contributed by atoms with E-state index in [2.05, 4.69) is 10.1 Å². The Morgan fingerprint density at radius 2 is 1.59 bits per heavy atom. The van der Waals surface area contributed by atoms with E-state index in [0.29, 0.717) is 15.8 Å². The van der Waals surface area contributed by atoms with Gasteiger partial charge in [-0.15, -0.1) is 0 Å². The minimum absolute atomic E-state index is 0.0490. The number of carbonyl (C=O) groups excluding carboxylic acids is 4. The van der Waals surface area contributed by atoms with Gasteiger partial charge in [-0.05, 0) is 29.8 Å². The van der Waals surface area contributed by atoms with E-state index in [-0.39, 0.29) is 12.1 Å². The summed E-state index contributed by atoms with van der Waals surface area (Å²) in [6.45, 7) is -1.73. The number of anilines is 2. The summed E-state index contributed by atoms with van der Waals surface area (Å²) in [7, 11) is 1.08. The van der Waals surface area contributed by atoms with E-state index in [0.717, 1.165) is 11.7 Å². The SMILES string of the molecule is COC(=O)Cn1c(=O)c(C(=O)COC(=O)c2ccc(NC(N)=O)cc2)c(N)n(Cc2ccccc2)c1=O. The van der Waals surface area contributed by atoms with Gasteiger partial charge in [-0.25, -0.2) is 19.0 Å². The molecule has 2 aromatic carbocycles. The standard InChI is InChI=1S/C24H23N5O8/c1-36-18(31)12-29-21(32)19(20(25)28(24(29)35)11-14-5-3-2-4-6-14)17(30)13-37-22(33)15-7-9-16(10-8-15)27-23(26)34/h2-10H,11-13,25H2,1H3,(H3,26,27,34). The molecule has 0 atom stereocenters. The lowest BCUT2D eigenvalue weighted by Gasteiger charge is -2.16. The average molecular weight is 509 g/mol. The fraction of sp³-hybridized carbons (Fsp3) is 0.167. The molecule has 0 spiro atoms. The second-order valence-corrected chi connectivity index (χ2v) is 7.65. The summed E-state index contributed by atoms with van der Waals surface area (Å²) >= 11 is 0. The molecule has 3 rings (SSSR count). The second kappa shape index (κ2) is 11.5. The van der Waals surface area contributed by atoms with Crippen molar-refractivity contribution in [1.29, 1.82) is 0 Å². The van der Waals surface area contributed by atoms with Gasteiger partial charge in [0.15, 0.2) is 6.61 Å². The number of primary amides is 1. The molecule has 2 amide bonds. The number of methoxy groups -OCH3 is 1. The van der Waals surface area contributed by atoms with Crippen LogP contribution in [0, 0.1) is 0 Å². The Morgan fingerprint density at radius 3 is 2.19 bits per heavy atom. The number of nitrogens with two attached hydrogens (primary N) is 2. The number of ether oxygens (including phenoxy) is 2. The normalized spacial score (nSPS) is 10.4. The average Bonchev–Trinajstić information content (AvgIpc) is 2.88. The zero-order chi connectivity index (χ0) is 27.1. The van der Waals surface area contributed by atoms with Crippen molar-refractivity contribution >= 4 is 35.3 Å². The van der Waals surface area contributed by atoms with Gasteiger partial charge in [0.05, 0.1) is 19.2 Å². The second-order valence-electron chi connectivity index (χ2n) is 7.65. The van der Waals surface area contributed by atoms with Gasteiger partial charge >= 0.3 is 23.7 Å². The van der Waals surface area contributed by atoms with Gasteiger partial charge in [-0.1, -0.05) is 30.3 Å². The number of aromatic nitrogens is 2. The first kappa shape index (κ1) is 26.4.